The highest BCUT2D eigenvalue weighted by molar-refractivity contribution is 6.39. The standard InChI is InChI=1S/C25H24Cl2N6/c26-18-6-3-7-19(27)22(18)24-30-21-13-29-25(31-20-9-8-16-4-1-2-5-17(16)20)32-23(21)33(24)14-15-10-11-28-12-15/h1-7,13,15,20,28H,8-12,14H2,(H,29,31,32)/t15-,20+/m0/s1. The maximum Gasteiger partial charge on any atom is 0.225 e. The molecule has 3 heterocycles. The number of aryl methyl sites for hydroxylation is 1. The van der Waals surface area contributed by atoms with Crippen molar-refractivity contribution >= 4 is 40.3 Å². The summed E-state index contributed by atoms with van der Waals surface area (Å²) in [6, 6.07) is 14.3. The van der Waals surface area contributed by atoms with Crippen molar-refractivity contribution in [3.63, 3.8) is 0 Å². The molecule has 2 aliphatic rings. The summed E-state index contributed by atoms with van der Waals surface area (Å²) < 4.78 is 2.16. The molecule has 6 rings (SSSR count). The van der Waals surface area contributed by atoms with Gasteiger partial charge in [0.1, 0.15) is 11.3 Å². The number of fused-ring (bicyclic) bond motifs is 2. The minimum Gasteiger partial charge on any atom is -0.347 e. The molecule has 168 valence electrons. The first-order valence-corrected chi connectivity index (χ1v) is 12.2. The maximum absolute atomic E-state index is 6.57. The van der Waals surface area contributed by atoms with Gasteiger partial charge in [0.05, 0.1) is 27.8 Å². The lowest BCUT2D eigenvalue weighted by Gasteiger charge is -2.16. The predicted octanol–water partition coefficient (Wildman–Crippen LogP) is 5.51. The van der Waals surface area contributed by atoms with Crippen LogP contribution in [0.2, 0.25) is 10.0 Å². The Morgan fingerprint density at radius 3 is 2.70 bits per heavy atom. The monoisotopic (exact) mass is 478 g/mol. The first kappa shape index (κ1) is 20.9. The minimum atomic E-state index is 0.214. The van der Waals surface area contributed by atoms with Crippen LogP contribution >= 0.6 is 23.2 Å². The van der Waals surface area contributed by atoms with Gasteiger partial charge in [-0.2, -0.15) is 4.98 Å². The van der Waals surface area contributed by atoms with Crippen LogP contribution in [0.3, 0.4) is 0 Å². The predicted molar refractivity (Wildman–Crippen MR) is 133 cm³/mol. The lowest BCUT2D eigenvalue weighted by atomic mass is 10.1. The number of aromatic nitrogens is 4. The Morgan fingerprint density at radius 2 is 1.88 bits per heavy atom. The SMILES string of the molecule is Clc1cccc(Cl)c1-c1nc2cnc(N[C@@H]3CCc4ccccc43)nc2n1C[C@H]1CCNC1. The Bertz CT molecular complexity index is 1310. The molecular formula is C25H24Cl2N6. The van der Waals surface area contributed by atoms with E-state index in [0.29, 0.717) is 21.9 Å². The molecule has 8 heteroatoms. The second-order valence-electron chi connectivity index (χ2n) is 8.84. The van der Waals surface area contributed by atoms with Gasteiger partial charge in [-0.25, -0.2) is 9.97 Å². The molecule has 2 atom stereocenters. The number of hydrogen-bond acceptors (Lipinski definition) is 5. The van der Waals surface area contributed by atoms with Crippen molar-refractivity contribution in [3.8, 4) is 11.4 Å². The van der Waals surface area contributed by atoms with Crippen LogP contribution in [0.4, 0.5) is 5.95 Å². The van der Waals surface area contributed by atoms with E-state index in [1.54, 1.807) is 6.20 Å². The number of anilines is 1. The number of nitrogens with one attached hydrogen (secondary N) is 2. The zero-order valence-corrected chi connectivity index (χ0v) is 19.6. The fraction of sp³-hybridized carbons (Fsp3) is 0.320. The van der Waals surface area contributed by atoms with E-state index in [1.165, 1.54) is 11.1 Å². The number of benzene rings is 2. The van der Waals surface area contributed by atoms with Crippen LogP contribution < -0.4 is 10.6 Å². The average molecular weight is 479 g/mol. The average Bonchev–Trinajstić information content (AvgIpc) is 3.55. The Balaban J connectivity index is 1.43. The Kier molecular flexibility index (Phi) is 5.45. The highest BCUT2D eigenvalue weighted by Crippen LogP contribution is 2.37. The third-order valence-electron chi connectivity index (χ3n) is 6.71. The maximum atomic E-state index is 6.57. The van der Waals surface area contributed by atoms with Crippen LogP contribution in [-0.4, -0.2) is 32.6 Å². The van der Waals surface area contributed by atoms with Gasteiger partial charge >= 0.3 is 0 Å². The highest BCUT2D eigenvalue weighted by Gasteiger charge is 2.25. The van der Waals surface area contributed by atoms with E-state index in [9.17, 15) is 0 Å². The van der Waals surface area contributed by atoms with E-state index >= 15 is 0 Å². The quantitative estimate of drug-likeness (QED) is 0.395. The molecule has 0 spiro atoms. The van der Waals surface area contributed by atoms with Crippen LogP contribution in [-0.2, 0) is 13.0 Å². The first-order valence-electron chi connectivity index (χ1n) is 11.4. The number of imidazole rings is 1. The zero-order valence-electron chi connectivity index (χ0n) is 18.1. The van der Waals surface area contributed by atoms with E-state index in [0.717, 1.165) is 61.4 Å². The molecule has 1 saturated heterocycles. The number of halogens is 2. The van der Waals surface area contributed by atoms with Crippen LogP contribution in [0.5, 0.6) is 0 Å². The summed E-state index contributed by atoms with van der Waals surface area (Å²) in [5.74, 6) is 1.85. The van der Waals surface area contributed by atoms with Crippen molar-refractivity contribution in [3.05, 3.63) is 69.8 Å². The van der Waals surface area contributed by atoms with Gasteiger partial charge in [0.25, 0.3) is 0 Å². The lowest BCUT2D eigenvalue weighted by molar-refractivity contribution is 0.490. The van der Waals surface area contributed by atoms with Gasteiger partial charge in [-0.3, -0.25) is 0 Å². The molecule has 33 heavy (non-hydrogen) atoms. The molecule has 4 aromatic rings. The largest absolute Gasteiger partial charge is 0.347 e. The van der Waals surface area contributed by atoms with Gasteiger partial charge < -0.3 is 15.2 Å². The number of rotatable bonds is 5. The Hall–Kier alpha value is -2.67. The van der Waals surface area contributed by atoms with Crippen molar-refractivity contribution in [2.24, 2.45) is 5.92 Å². The minimum absolute atomic E-state index is 0.214. The van der Waals surface area contributed by atoms with E-state index in [1.807, 2.05) is 18.2 Å². The molecule has 1 fully saturated rings. The zero-order chi connectivity index (χ0) is 22.4. The van der Waals surface area contributed by atoms with Crippen molar-refractivity contribution < 1.29 is 0 Å². The van der Waals surface area contributed by atoms with Gasteiger partial charge in [0.15, 0.2) is 5.65 Å². The van der Waals surface area contributed by atoms with E-state index < -0.39 is 0 Å². The van der Waals surface area contributed by atoms with Crippen LogP contribution in [0.1, 0.15) is 30.0 Å². The molecule has 1 aliphatic heterocycles. The van der Waals surface area contributed by atoms with Gasteiger partial charge in [-0.05, 0) is 61.5 Å². The molecule has 1 aliphatic carbocycles. The highest BCUT2D eigenvalue weighted by atomic mass is 35.5. The van der Waals surface area contributed by atoms with Crippen LogP contribution in [0.15, 0.2) is 48.7 Å². The second-order valence-corrected chi connectivity index (χ2v) is 9.65. The molecule has 6 nitrogen and oxygen atoms in total. The van der Waals surface area contributed by atoms with Gasteiger partial charge in [-0.15, -0.1) is 0 Å². The number of hydrogen-bond donors (Lipinski definition) is 2. The van der Waals surface area contributed by atoms with Crippen LogP contribution in [0, 0.1) is 5.92 Å². The molecule has 2 N–H and O–H groups in total. The van der Waals surface area contributed by atoms with Crippen molar-refractivity contribution in [2.45, 2.75) is 31.8 Å². The van der Waals surface area contributed by atoms with Crippen molar-refractivity contribution in [1.82, 2.24) is 24.8 Å². The fourth-order valence-electron chi connectivity index (χ4n) is 5.05. The van der Waals surface area contributed by atoms with E-state index in [2.05, 4.69) is 44.5 Å². The summed E-state index contributed by atoms with van der Waals surface area (Å²) >= 11 is 13.1. The molecule has 0 unspecified atom stereocenters. The summed E-state index contributed by atoms with van der Waals surface area (Å²) in [5.41, 5.74) is 5.01. The fourth-order valence-corrected chi connectivity index (χ4v) is 5.62. The molecule has 0 saturated carbocycles. The third kappa shape index (κ3) is 3.86. The Morgan fingerprint density at radius 1 is 1.03 bits per heavy atom. The molecule has 0 radical (unpaired) electrons. The summed E-state index contributed by atoms with van der Waals surface area (Å²) in [4.78, 5) is 14.4. The molecule has 0 bridgehead atoms. The summed E-state index contributed by atoms with van der Waals surface area (Å²) in [5, 5.41) is 8.17. The van der Waals surface area contributed by atoms with E-state index in [4.69, 9.17) is 33.2 Å². The smallest absolute Gasteiger partial charge is 0.225 e. The molecule has 0 amide bonds. The van der Waals surface area contributed by atoms with Gasteiger partial charge in [0, 0.05) is 6.54 Å². The molecule has 2 aromatic heterocycles. The van der Waals surface area contributed by atoms with Crippen molar-refractivity contribution in [2.75, 3.05) is 18.4 Å². The summed E-state index contributed by atoms with van der Waals surface area (Å²) in [6.07, 6.45) is 5.01. The summed E-state index contributed by atoms with van der Waals surface area (Å²) in [6.45, 7) is 2.80. The van der Waals surface area contributed by atoms with E-state index in [-0.39, 0.29) is 6.04 Å². The Labute approximate surface area is 202 Å². The van der Waals surface area contributed by atoms with Crippen LogP contribution in [0.25, 0.3) is 22.6 Å². The molecular weight excluding hydrogens is 455 g/mol. The first-order chi connectivity index (χ1) is 16.2. The number of nitrogens with zero attached hydrogens (tertiary/aromatic N) is 4. The molecule has 2 aromatic carbocycles. The normalized spacial score (nSPS) is 19.8. The van der Waals surface area contributed by atoms with Gasteiger partial charge in [0.2, 0.25) is 5.95 Å². The third-order valence-corrected chi connectivity index (χ3v) is 7.34. The summed E-state index contributed by atoms with van der Waals surface area (Å²) in [7, 11) is 0. The second kappa shape index (κ2) is 8.60. The topological polar surface area (TPSA) is 67.7 Å². The van der Waals surface area contributed by atoms with Gasteiger partial charge in [-0.1, -0.05) is 53.5 Å². The van der Waals surface area contributed by atoms with Crippen molar-refractivity contribution in [1.29, 1.82) is 0 Å². The lowest BCUT2D eigenvalue weighted by Crippen LogP contribution is -2.16.